The van der Waals surface area contributed by atoms with Crippen molar-refractivity contribution in [3.63, 3.8) is 0 Å². The maximum Gasteiger partial charge on any atom is 0.328 e. The normalized spacial score (nSPS) is 15.0. The molecular formula is C3H4F2O4S2. The van der Waals surface area contributed by atoms with Crippen LogP contribution in [0.25, 0.3) is 0 Å². The van der Waals surface area contributed by atoms with Gasteiger partial charge < -0.3 is 0 Å². The summed E-state index contributed by atoms with van der Waals surface area (Å²) >= 11 is 0. The van der Waals surface area contributed by atoms with Gasteiger partial charge in [0.05, 0.1) is 10.3 Å². The minimum absolute atomic E-state index is 0.303. The summed E-state index contributed by atoms with van der Waals surface area (Å²) in [7, 11) is -10.2. The van der Waals surface area contributed by atoms with Gasteiger partial charge in [0.15, 0.2) is 0 Å². The van der Waals surface area contributed by atoms with E-state index >= 15 is 0 Å². The lowest BCUT2D eigenvalue weighted by Gasteiger charge is -1.88. The molecule has 4 nitrogen and oxygen atoms in total. The van der Waals surface area contributed by atoms with Crippen molar-refractivity contribution in [1.82, 2.24) is 0 Å². The molecule has 0 fully saturated rings. The monoisotopic (exact) mass is 206 g/mol. The van der Waals surface area contributed by atoms with Crippen LogP contribution in [0.1, 0.15) is 6.92 Å². The Labute approximate surface area is 63.0 Å². The van der Waals surface area contributed by atoms with Crippen LogP contribution in [0.15, 0.2) is 10.3 Å². The van der Waals surface area contributed by atoms with Crippen LogP contribution in [0.4, 0.5) is 7.77 Å². The van der Waals surface area contributed by atoms with Gasteiger partial charge in [0.2, 0.25) is 0 Å². The Morgan fingerprint density at radius 3 is 1.64 bits per heavy atom. The summed E-state index contributed by atoms with van der Waals surface area (Å²) in [6, 6.07) is 0. The predicted octanol–water partition coefficient (Wildman–Crippen LogP) is 0.446. The molecule has 0 saturated heterocycles. The Hall–Kier alpha value is -0.500. The second kappa shape index (κ2) is 2.86. The van der Waals surface area contributed by atoms with E-state index < -0.39 is 25.4 Å². The van der Waals surface area contributed by atoms with Gasteiger partial charge in [-0.1, -0.05) is 0 Å². The van der Waals surface area contributed by atoms with Crippen molar-refractivity contribution in [2.45, 2.75) is 6.92 Å². The van der Waals surface area contributed by atoms with Crippen molar-refractivity contribution in [3.05, 3.63) is 10.3 Å². The summed E-state index contributed by atoms with van der Waals surface area (Å²) in [5, 5.41) is -0.303. The predicted molar refractivity (Wildman–Crippen MR) is 33.8 cm³/mol. The molecule has 0 aromatic rings. The summed E-state index contributed by atoms with van der Waals surface area (Å²) in [5.74, 6) is 0. The Morgan fingerprint density at radius 1 is 1.18 bits per heavy atom. The lowest BCUT2D eigenvalue weighted by atomic mass is 10.8. The van der Waals surface area contributed by atoms with Gasteiger partial charge in [-0.15, -0.1) is 7.77 Å². The molecule has 0 N–H and O–H groups in total. The molecule has 0 rings (SSSR count). The van der Waals surface area contributed by atoms with Crippen LogP contribution >= 0.6 is 0 Å². The first kappa shape index (κ1) is 10.5. The van der Waals surface area contributed by atoms with Gasteiger partial charge in [-0.3, -0.25) is 0 Å². The molecule has 0 aliphatic rings. The van der Waals surface area contributed by atoms with E-state index in [1.165, 1.54) is 0 Å². The molecule has 0 heterocycles. The number of rotatable bonds is 2. The molecule has 0 atom stereocenters. The average Bonchev–Trinajstić information content (AvgIpc) is 1.56. The minimum Gasteiger partial charge on any atom is -0.190 e. The summed E-state index contributed by atoms with van der Waals surface area (Å²) in [4.78, 5) is -1.18. The third kappa shape index (κ3) is 4.85. The van der Waals surface area contributed by atoms with Crippen molar-refractivity contribution in [2.75, 3.05) is 0 Å². The number of hydrogen-bond donors (Lipinski definition) is 0. The third-order valence-corrected chi connectivity index (χ3v) is 2.36. The van der Waals surface area contributed by atoms with Gasteiger partial charge in [-0.05, 0) is 6.92 Å². The van der Waals surface area contributed by atoms with Crippen LogP contribution in [-0.4, -0.2) is 16.8 Å². The van der Waals surface area contributed by atoms with E-state index in [0.717, 1.165) is 0 Å². The zero-order valence-corrected chi connectivity index (χ0v) is 6.92. The van der Waals surface area contributed by atoms with Crippen LogP contribution in [0.3, 0.4) is 0 Å². The molecule has 0 unspecified atom stereocenters. The van der Waals surface area contributed by atoms with Crippen LogP contribution in [0.2, 0.25) is 0 Å². The summed E-state index contributed by atoms with van der Waals surface area (Å²) in [5.41, 5.74) is 0. The van der Waals surface area contributed by atoms with Gasteiger partial charge in [-0.2, -0.15) is 16.8 Å². The Balaban J connectivity index is 5.11. The maximum absolute atomic E-state index is 11.8. The largest absolute Gasteiger partial charge is 0.328 e. The molecule has 11 heavy (non-hydrogen) atoms. The summed E-state index contributed by atoms with van der Waals surface area (Å²) in [6.07, 6.45) is 0. The summed E-state index contributed by atoms with van der Waals surface area (Å²) in [6.45, 7) is 0.631. The van der Waals surface area contributed by atoms with E-state index in [0.29, 0.717) is 6.92 Å². The molecular weight excluding hydrogens is 202 g/mol. The van der Waals surface area contributed by atoms with E-state index in [1.807, 2.05) is 0 Å². The van der Waals surface area contributed by atoms with Crippen LogP contribution in [0, 0.1) is 0 Å². The smallest absolute Gasteiger partial charge is 0.190 e. The molecule has 0 saturated carbocycles. The van der Waals surface area contributed by atoms with Gasteiger partial charge >= 0.3 is 20.4 Å². The van der Waals surface area contributed by atoms with Crippen LogP contribution in [0.5, 0.6) is 0 Å². The van der Waals surface area contributed by atoms with Gasteiger partial charge in [0.1, 0.15) is 0 Å². The maximum atomic E-state index is 11.8. The molecule has 0 amide bonds. The first-order valence-electron chi connectivity index (χ1n) is 2.20. The Morgan fingerprint density at radius 2 is 1.55 bits per heavy atom. The second-order valence-electron chi connectivity index (χ2n) is 1.64. The van der Waals surface area contributed by atoms with Gasteiger partial charge in [-0.25, -0.2) is 0 Å². The first-order chi connectivity index (χ1) is 4.63. The number of allylic oxidation sites excluding steroid dienone is 1. The Kier molecular flexibility index (Phi) is 2.73. The first-order valence-corrected chi connectivity index (χ1v) is 5.03. The van der Waals surface area contributed by atoms with Crippen molar-refractivity contribution in [3.8, 4) is 0 Å². The molecule has 0 aliphatic carbocycles. The highest BCUT2D eigenvalue weighted by Gasteiger charge is 2.14. The number of halogens is 2. The zero-order chi connectivity index (χ0) is 9.28. The second-order valence-corrected chi connectivity index (χ2v) is 4.35. The van der Waals surface area contributed by atoms with Gasteiger partial charge in [0, 0.05) is 0 Å². The topological polar surface area (TPSA) is 68.3 Å². The lowest BCUT2D eigenvalue weighted by Crippen LogP contribution is -1.94. The molecule has 0 spiro atoms. The van der Waals surface area contributed by atoms with E-state index in [9.17, 15) is 24.6 Å². The lowest BCUT2D eigenvalue weighted by molar-refractivity contribution is 0.554. The van der Waals surface area contributed by atoms with Crippen LogP contribution < -0.4 is 0 Å². The average molecular weight is 206 g/mol. The molecule has 66 valence electrons. The van der Waals surface area contributed by atoms with Crippen molar-refractivity contribution in [1.29, 1.82) is 0 Å². The van der Waals surface area contributed by atoms with E-state index in [1.54, 1.807) is 0 Å². The van der Waals surface area contributed by atoms with Crippen molar-refractivity contribution >= 4 is 20.4 Å². The highest BCUT2D eigenvalue weighted by molar-refractivity contribution is 7.93. The third-order valence-electron chi connectivity index (χ3n) is 0.691. The molecule has 0 aliphatic heterocycles. The van der Waals surface area contributed by atoms with Gasteiger partial charge in [0.25, 0.3) is 0 Å². The quantitative estimate of drug-likeness (QED) is 0.615. The van der Waals surface area contributed by atoms with Crippen molar-refractivity contribution in [2.24, 2.45) is 0 Å². The fourth-order valence-corrected chi connectivity index (χ4v) is 1.46. The summed E-state index contributed by atoms with van der Waals surface area (Å²) < 4.78 is 62.5. The minimum atomic E-state index is -5.09. The SMILES string of the molecule is CC(=CS(=O)(=O)F)S(=O)(=O)F. The van der Waals surface area contributed by atoms with E-state index in [4.69, 9.17) is 0 Å². The van der Waals surface area contributed by atoms with E-state index in [-0.39, 0.29) is 5.41 Å². The fourth-order valence-electron chi connectivity index (χ4n) is 0.256. The van der Waals surface area contributed by atoms with Crippen LogP contribution in [-0.2, 0) is 20.4 Å². The zero-order valence-electron chi connectivity index (χ0n) is 5.28. The van der Waals surface area contributed by atoms with E-state index in [2.05, 4.69) is 0 Å². The fraction of sp³-hybridized carbons (Fsp3) is 0.333. The van der Waals surface area contributed by atoms with Crippen molar-refractivity contribution < 1.29 is 24.6 Å². The molecule has 0 bridgehead atoms. The molecule has 0 aromatic carbocycles. The highest BCUT2D eigenvalue weighted by atomic mass is 32.3. The molecule has 8 heteroatoms. The highest BCUT2D eigenvalue weighted by Crippen LogP contribution is 2.10. The standard InChI is InChI=1S/C3H4F2O4S2/c1-3(11(5,8)9)2-10(4,6)7/h2H,1H3. The number of hydrogen-bond acceptors (Lipinski definition) is 4. The molecule has 0 radical (unpaired) electrons. The molecule has 0 aromatic heterocycles. The Bertz CT molecular complexity index is 362.